The third-order valence-electron chi connectivity index (χ3n) is 3.56. The lowest BCUT2D eigenvalue weighted by Crippen LogP contribution is -2.22. The van der Waals surface area contributed by atoms with Crippen LogP contribution in [0.15, 0.2) is 58.7 Å². The molecular formula is C18H18N2O2S. The van der Waals surface area contributed by atoms with Gasteiger partial charge in [-0.05, 0) is 41.3 Å². The van der Waals surface area contributed by atoms with Crippen LogP contribution in [0.4, 0.5) is 5.69 Å². The molecule has 0 saturated carbocycles. The first kappa shape index (κ1) is 15.4. The van der Waals surface area contributed by atoms with E-state index in [4.69, 9.17) is 4.42 Å². The van der Waals surface area contributed by atoms with E-state index in [0.29, 0.717) is 12.1 Å². The third kappa shape index (κ3) is 3.63. The number of furan rings is 1. The maximum atomic E-state index is 12.3. The Bertz CT molecular complexity index is 791. The van der Waals surface area contributed by atoms with Gasteiger partial charge in [0.05, 0.1) is 19.1 Å². The second kappa shape index (κ2) is 6.71. The molecule has 0 spiro atoms. The van der Waals surface area contributed by atoms with Crippen molar-refractivity contribution in [2.45, 2.75) is 6.54 Å². The predicted molar refractivity (Wildman–Crippen MR) is 94.0 cm³/mol. The highest BCUT2D eigenvalue weighted by Crippen LogP contribution is 2.26. The van der Waals surface area contributed by atoms with Crippen LogP contribution in [-0.4, -0.2) is 20.0 Å². The first-order valence-corrected chi connectivity index (χ1v) is 8.17. The van der Waals surface area contributed by atoms with Gasteiger partial charge in [-0.2, -0.15) is 0 Å². The number of amides is 1. The second-order valence-electron chi connectivity index (χ2n) is 5.44. The number of anilines is 1. The molecule has 0 atom stereocenters. The van der Waals surface area contributed by atoms with Gasteiger partial charge in [-0.1, -0.05) is 6.07 Å². The summed E-state index contributed by atoms with van der Waals surface area (Å²) in [5.74, 6) is -0.0630. The second-order valence-corrected chi connectivity index (χ2v) is 6.44. The van der Waals surface area contributed by atoms with Gasteiger partial charge in [0.2, 0.25) is 0 Å². The monoisotopic (exact) mass is 326 g/mol. The lowest BCUT2D eigenvalue weighted by Gasteiger charge is -2.13. The largest absolute Gasteiger partial charge is 0.472 e. The number of hydrogen-bond donors (Lipinski definition) is 1. The quantitative estimate of drug-likeness (QED) is 0.771. The van der Waals surface area contributed by atoms with Gasteiger partial charge in [-0.25, -0.2) is 0 Å². The maximum absolute atomic E-state index is 12.3. The molecule has 0 aliphatic heterocycles. The normalized spacial score (nSPS) is 10.5. The predicted octanol–water partition coefficient (Wildman–Crippen LogP) is 4.00. The Hall–Kier alpha value is -2.53. The van der Waals surface area contributed by atoms with Crippen molar-refractivity contribution in [2.75, 3.05) is 19.0 Å². The molecule has 0 aliphatic carbocycles. The minimum absolute atomic E-state index is 0.0630. The summed E-state index contributed by atoms with van der Waals surface area (Å²) in [5.41, 5.74) is 3.85. The zero-order chi connectivity index (χ0) is 16.2. The molecule has 23 heavy (non-hydrogen) atoms. The summed E-state index contributed by atoms with van der Waals surface area (Å²) in [6.45, 7) is 0.521. The van der Waals surface area contributed by atoms with E-state index in [2.05, 4.69) is 16.8 Å². The molecule has 1 amide bonds. The van der Waals surface area contributed by atoms with E-state index in [1.807, 2.05) is 49.3 Å². The van der Waals surface area contributed by atoms with Crippen LogP contribution in [0.3, 0.4) is 0 Å². The van der Waals surface area contributed by atoms with E-state index in [1.165, 1.54) is 0 Å². The number of carbonyl (C=O) groups excluding carboxylic acids is 1. The lowest BCUT2D eigenvalue weighted by atomic mass is 10.1. The van der Waals surface area contributed by atoms with Gasteiger partial charge in [0.25, 0.3) is 5.91 Å². The standard InChI is InChI=1S/C18H18N2O2S/c1-20(2)16-5-3-4-13(8-16)18(21)19-10-17-9-15(12-23-17)14-6-7-22-11-14/h3-9,11-12H,10H2,1-2H3,(H,19,21). The lowest BCUT2D eigenvalue weighted by molar-refractivity contribution is 0.0951. The number of rotatable bonds is 5. The van der Waals surface area contributed by atoms with Crippen LogP contribution >= 0.6 is 11.3 Å². The van der Waals surface area contributed by atoms with Crippen LogP contribution < -0.4 is 10.2 Å². The fourth-order valence-electron chi connectivity index (χ4n) is 2.25. The molecule has 3 rings (SSSR count). The van der Waals surface area contributed by atoms with Gasteiger partial charge in [0, 0.05) is 35.8 Å². The van der Waals surface area contributed by atoms with Gasteiger partial charge in [-0.3, -0.25) is 4.79 Å². The molecule has 5 heteroatoms. The van der Waals surface area contributed by atoms with Gasteiger partial charge < -0.3 is 14.6 Å². The molecule has 0 fully saturated rings. The van der Waals surface area contributed by atoms with E-state index < -0.39 is 0 Å². The molecule has 4 nitrogen and oxygen atoms in total. The number of hydrogen-bond acceptors (Lipinski definition) is 4. The fourth-order valence-corrected chi connectivity index (χ4v) is 3.08. The highest BCUT2D eigenvalue weighted by atomic mass is 32.1. The smallest absolute Gasteiger partial charge is 0.251 e. The topological polar surface area (TPSA) is 45.5 Å². The number of benzene rings is 1. The van der Waals surface area contributed by atoms with Crippen LogP contribution in [-0.2, 0) is 6.54 Å². The van der Waals surface area contributed by atoms with Crippen LogP contribution in [0.25, 0.3) is 11.1 Å². The molecule has 3 aromatic rings. The van der Waals surface area contributed by atoms with Crippen LogP contribution in [0.5, 0.6) is 0 Å². The number of carbonyl (C=O) groups is 1. The van der Waals surface area contributed by atoms with E-state index >= 15 is 0 Å². The van der Waals surface area contributed by atoms with E-state index in [0.717, 1.165) is 21.7 Å². The van der Waals surface area contributed by atoms with E-state index in [9.17, 15) is 4.79 Å². The Morgan fingerprint density at radius 2 is 2.09 bits per heavy atom. The average Bonchev–Trinajstić information content (AvgIpc) is 3.23. The zero-order valence-electron chi connectivity index (χ0n) is 13.1. The van der Waals surface area contributed by atoms with Gasteiger partial charge >= 0.3 is 0 Å². The Morgan fingerprint density at radius 3 is 2.83 bits per heavy atom. The van der Waals surface area contributed by atoms with Crippen molar-refractivity contribution in [1.82, 2.24) is 5.32 Å². The van der Waals surface area contributed by atoms with Crippen molar-refractivity contribution in [1.29, 1.82) is 0 Å². The SMILES string of the molecule is CN(C)c1cccc(C(=O)NCc2cc(-c3ccoc3)cs2)c1. The fraction of sp³-hybridized carbons (Fsp3) is 0.167. The summed E-state index contributed by atoms with van der Waals surface area (Å²) in [5, 5.41) is 5.04. The molecule has 118 valence electrons. The van der Waals surface area contributed by atoms with Crippen molar-refractivity contribution < 1.29 is 9.21 Å². The minimum atomic E-state index is -0.0630. The van der Waals surface area contributed by atoms with E-state index in [1.54, 1.807) is 23.9 Å². The van der Waals surface area contributed by atoms with Crippen molar-refractivity contribution >= 4 is 22.9 Å². The Balaban J connectivity index is 1.64. The molecule has 0 aliphatic rings. The molecule has 0 saturated heterocycles. The summed E-state index contributed by atoms with van der Waals surface area (Å²) < 4.78 is 5.10. The molecule has 2 aromatic heterocycles. The summed E-state index contributed by atoms with van der Waals surface area (Å²) in [7, 11) is 3.92. The zero-order valence-corrected chi connectivity index (χ0v) is 13.9. The first-order chi connectivity index (χ1) is 11.1. The van der Waals surface area contributed by atoms with Crippen LogP contribution in [0, 0.1) is 0 Å². The van der Waals surface area contributed by atoms with Crippen LogP contribution in [0.1, 0.15) is 15.2 Å². The molecule has 0 radical (unpaired) electrons. The summed E-state index contributed by atoms with van der Waals surface area (Å²) in [6, 6.07) is 11.6. The molecule has 1 aromatic carbocycles. The Kier molecular flexibility index (Phi) is 4.48. The third-order valence-corrected chi connectivity index (χ3v) is 4.49. The summed E-state index contributed by atoms with van der Waals surface area (Å²) in [6.07, 6.45) is 3.38. The number of nitrogens with zero attached hydrogens (tertiary/aromatic N) is 1. The van der Waals surface area contributed by atoms with Gasteiger partial charge in [0.1, 0.15) is 0 Å². The first-order valence-electron chi connectivity index (χ1n) is 7.29. The van der Waals surface area contributed by atoms with Crippen molar-refractivity contribution in [3.05, 3.63) is 64.7 Å². The Morgan fingerprint density at radius 1 is 1.22 bits per heavy atom. The minimum Gasteiger partial charge on any atom is -0.472 e. The van der Waals surface area contributed by atoms with Gasteiger partial charge in [-0.15, -0.1) is 11.3 Å². The maximum Gasteiger partial charge on any atom is 0.251 e. The Labute approximate surface area is 139 Å². The molecular weight excluding hydrogens is 308 g/mol. The van der Waals surface area contributed by atoms with E-state index in [-0.39, 0.29) is 5.91 Å². The van der Waals surface area contributed by atoms with Crippen molar-refractivity contribution in [2.24, 2.45) is 0 Å². The number of thiophene rings is 1. The van der Waals surface area contributed by atoms with Crippen LogP contribution in [0.2, 0.25) is 0 Å². The molecule has 1 N–H and O–H groups in total. The van der Waals surface area contributed by atoms with Crippen molar-refractivity contribution in [3.63, 3.8) is 0 Å². The molecule has 2 heterocycles. The summed E-state index contributed by atoms with van der Waals surface area (Å²) >= 11 is 1.63. The van der Waals surface area contributed by atoms with Gasteiger partial charge in [0.15, 0.2) is 0 Å². The average molecular weight is 326 g/mol. The van der Waals surface area contributed by atoms with Crippen molar-refractivity contribution in [3.8, 4) is 11.1 Å². The highest BCUT2D eigenvalue weighted by molar-refractivity contribution is 7.10. The summed E-state index contributed by atoms with van der Waals surface area (Å²) in [4.78, 5) is 15.4. The number of nitrogens with one attached hydrogen (secondary N) is 1. The molecule has 0 bridgehead atoms. The molecule has 0 unspecified atom stereocenters. The highest BCUT2D eigenvalue weighted by Gasteiger charge is 2.08.